The van der Waals surface area contributed by atoms with E-state index in [0.29, 0.717) is 18.5 Å². The molecule has 3 rings (SSSR count). The summed E-state index contributed by atoms with van der Waals surface area (Å²) in [6, 6.07) is 15.9. The molecule has 0 radical (unpaired) electrons. The van der Waals surface area contributed by atoms with Gasteiger partial charge < -0.3 is 15.0 Å². The number of carbonyl (C=O) groups excluding carboxylic acids is 2. The number of nitrogens with one attached hydrogen (secondary N) is 1. The topological polar surface area (TPSA) is 96.0 Å². The highest BCUT2D eigenvalue weighted by atomic mass is 32.2. The zero-order valence-corrected chi connectivity index (χ0v) is 23.6. The summed E-state index contributed by atoms with van der Waals surface area (Å²) in [6.07, 6.45) is 7.45. The molecule has 38 heavy (non-hydrogen) atoms. The molecule has 2 amide bonds. The zero-order chi connectivity index (χ0) is 27.5. The van der Waals surface area contributed by atoms with Crippen LogP contribution in [-0.4, -0.2) is 57.1 Å². The molecule has 1 saturated carbocycles. The number of hydrogen-bond acceptors (Lipinski definition) is 5. The number of carbonyl (C=O) groups is 2. The summed E-state index contributed by atoms with van der Waals surface area (Å²) in [5, 5.41) is 3.18. The number of para-hydroxylation sites is 1. The number of rotatable bonds is 13. The summed E-state index contributed by atoms with van der Waals surface area (Å²) < 4.78 is 31.4. The van der Waals surface area contributed by atoms with Gasteiger partial charge in [0.1, 0.15) is 11.8 Å². The van der Waals surface area contributed by atoms with Gasteiger partial charge in [0.2, 0.25) is 21.8 Å². The number of benzene rings is 2. The van der Waals surface area contributed by atoms with E-state index in [2.05, 4.69) is 5.32 Å². The quantitative estimate of drug-likeness (QED) is 0.401. The Bertz CT molecular complexity index is 1130. The maximum Gasteiger partial charge on any atom is 0.243 e. The van der Waals surface area contributed by atoms with Crippen LogP contribution in [0, 0.1) is 0 Å². The molecule has 0 bridgehead atoms. The van der Waals surface area contributed by atoms with Crippen molar-refractivity contribution in [1.82, 2.24) is 10.2 Å². The second-order valence-electron chi connectivity index (χ2n) is 9.91. The Morgan fingerprint density at radius 3 is 2.26 bits per heavy atom. The van der Waals surface area contributed by atoms with Crippen molar-refractivity contribution in [2.45, 2.75) is 76.9 Å². The number of anilines is 1. The molecule has 1 atom stereocenters. The minimum Gasteiger partial charge on any atom is -0.497 e. The van der Waals surface area contributed by atoms with Crippen LogP contribution in [0.4, 0.5) is 5.69 Å². The van der Waals surface area contributed by atoms with Crippen LogP contribution in [-0.2, 0) is 26.2 Å². The second-order valence-corrected chi connectivity index (χ2v) is 11.8. The van der Waals surface area contributed by atoms with Crippen LogP contribution in [0.2, 0.25) is 0 Å². The molecule has 9 heteroatoms. The van der Waals surface area contributed by atoms with E-state index in [1.54, 1.807) is 36.3 Å². The van der Waals surface area contributed by atoms with E-state index in [0.717, 1.165) is 37.0 Å². The lowest BCUT2D eigenvalue weighted by Crippen LogP contribution is -2.51. The van der Waals surface area contributed by atoms with Gasteiger partial charge in [0.15, 0.2) is 0 Å². The van der Waals surface area contributed by atoms with Gasteiger partial charge in [-0.05, 0) is 55.5 Å². The average molecular weight is 544 g/mol. The molecule has 1 aliphatic carbocycles. The third-order valence-electron chi connectivity index (χ3n) is 7.05. The van der Waals surface area contributed by atoms with Crippen LogP contribution in [0.5, 0.6) is 5.75 Å². The first-order valence-corrected chi connectivity index (χ1v) is 15.3. The van der Waals surface area contributed by atoms with Crippen LogP contribution in [0.25, 0.3) is 0 Å². The fourth-order valence-electron chi connectivity index (χ4n) is 4.99. The highest BCUT2D eigenvalue weighted by molar-refractivity contribution is 7.92. The van der Waals surface area contributed by atoms with Crippen molar-refractivity contribution in [2.24, 2.45) is 0 Å². The van der Waals surface area contributed by atoms with Crippen molar-refractivity contribution in [3.05, 3.63) is 60.2 Å². The van der Waals surface area contributed by atoms with Crippen molar-refractivity contribution in [3.63, 3.8) is 0 Å². The van der Waals surface area contributed by atoms with E-state index in [4.69, 9.17) is 4.74 Å². The molecule has 0 saturated heterocycles. The highest BCUT2D eigenvalue weighted by Gasteiger charge is 2.30. The fraction of sp³-hybridized carbons (Fsp3) is 0.517. The summed E-state index contributed by atoms with van der Waals surface area (Å²) in [4.78, 5) is 28.6. The van der Waals surface area contributed by atoms with Gasteiger partial charge in [-0.2, -0.15) is 0 Å². The van der Waals surface area contributed by atoms with Crippen molar-refractivity contribution in [3.8, 4) is 5.75 Å². The van der Waals surface area contributed by atoms with Crippen molar-refractivity contribution in [1.29, 1.82) is 0 Å². The molecule has 0 spiro atoms. The molecule has 2 aromatic rings. The van der Waals surface area contributed by atoms with E-state index in [9.17, 15) is 18.0 Å². The second kappa shape index (κ2) is 14.2. The standard InChI is InChI=1S/C29H41N3O5S/c1-4-27(29(34)30-24-12-7-5-8-13-24)31(22-23-17-19-26(37-2)20-18-23)28(33)16-11-21-32(38(3,35)36)25-14-9-6-10-15-25/h6,9-10,14-15,17-20,24,27H,4-5,7-8,11-13,16,21-22H2,1-3H3,(H,30,34)/t27-/m1/s1. The number of nitrogens with zero attached hydrogens (tertiary/aromatic N) is 2. The number of hydrogen-bond donors (Lipinski definition) is 1. The number of sulfonamides is 1. The van der Waals surface area contributed by atoms with Crippen LogP contribution in [0.3, 0.4) is 0 Å². The zero-order valence-electron chi connectivity index (χ0n) is 22.8. The maximum absolute atomic E-state index is 13.6. The van der Waals surface area contributed by atoms with E-state index < -0.39 is 16.1 Å². The van der Waals surface area contributed by atoms with Crippen molar-refractivity contribution in [2.75, 3.05) is 24.2 Å². The molecule has 1 N–H and O–H groups in total. The van der Waals surface area contributed by atoms with Crippen molar-refractivity contribution >= 4 is 27.5 Å². The maximum atomic E-state index is 13.6. The average Bonchev–Trinajstić information content (AvgIpc) is 2.91. The summed E-state index contributed by atoms with van der Waals surface area (Å²) in [7, 11) is -1.91. The van der Waals surface area contributed by atoms with Gasteiger partial charge in [-0.15, -0.1) is 0 Å². The number of amides is 2. The van der Waals surface area contributed by atoms with Crippen LogP contribution >= 0.6 is 0 Å². The van der Waals surface area contributed by atoms with E-state index in [1.165, 1.54) is 17.0 Å². The summed E-state index contributed by atoms with van der Waals surface area (Å²) in [6.45, 7) is 2.38. The molecule has 208 valence electrons. The summed E-state index contributed by atoms with van der Waals surface area (Å²) in [5.74, 6) is 0.423. The predicted octanol–water partition coefficient (Wildman–Crippen LogP) is 4.50. The Hall–Kier alpha value is -3.07. The van der Waals surface area contributed by atoms with Crippen LogP contribution < -0.4 is 14.4 Å². The first-order valence-electron chi connectivity index (χ1n) is 13.5. The molecular weight excluding hydrogens is 502 g/mol. The molecule has 1 aliphatic rings. The first-order chi connectivity index (χ1) is 18.2. The molecular formula is C29H41N3O5S. The lowest BCUT2D eigenvalue weighted by molar-refractivity contribution is -0.141. The molecule has 1 fully saturated rings. The van der Waals surface area contributed by atoms with Gasteiger partial charge in [-0.1, -0.05) is 56.5 Å². The lowest BCUT2D eigenvalue weighted by Gasteiger charge is -2.33. The third kappa shape index (κ3) is 8.48. The fourth-order valence-corrected chi connectivity index (χ4v) is 5.96. The van der Waals surface area contributed by atoms with E-state index >= 15 is 0 Å². The lowest BCUT2D eigenvalue weighted by atomic mass is 9.95. The number of ether oxygens (including phenoxy) is 1. The van der Waals surface area contributed by atoms with Crippen LogP contribution in [0.15, 0.2) is 54.6 Å². The molecule has 0 aromatic heterocycles. The molecule has 2 aromatic carbocycles. The Morgan fingerprint density at radius 1 is 1.03 bits per heavy atom. The van der Waals surface area contributed by atoms with Gasteiger partial charge in [0.25, 0.3) is 0 Å². The SMILES string of the molecule is CC[C@H](C(=O)NC1CCCCC1)N(Cc1ccc(OC)cc1)C(=O)CCCN(c1ccccc1)S(C)(=O)=O. The van der Waals surface area contributed by atoms with Crippen LogP contribution in [0.1, 0.15) is 63.9 Å². The molecule has 0 aliphatic heterocycles. The van der Waals surface area contributed by atoms with Gasteiger partial charge in [0, 0.05) is 25.6 Å². The Labute approximate surface area is 227 Å². The molecule has 8 nitrogen and oxygen atoms in total. The van der Waals surface area contributed by atoms with E-state index in [-0.39, 0.29) is 37.4 Å². The third-order valence-corrected chi connectivity index (χ3v) is 8.24. The van der Waals surface area contributed by atoms with Gasteiger partial charge in [-0.25, -0.2) is 8.42 Å². The Kier molecular flexibility index (Phi) is 11.0. The van der Waals surface area contributed by atoms with Gasteiger partial charge in [0.05, 0.1) is 19.1 Å². The monoisotopic (exact) mass is 543 g/mol. The normalized spacial score (nSPS) is 14.9. The minimum absolute atomic E-state index is 0.122. The molecule has 0 unspecified atom stereocenters. The largest absolute Gasteiger partial charge is 0.497 e. The minimum atomic E-state index is -3.51. The molecule has 0 heterocycles. The number of methoxy groups -OCH3 is 1. The Morgan fingerprint density at radius 2 is 1.68 bits per heavy atom. The Balaban J connectivity index is 1.75. The summed E-state index contributed by atoms with van der Waals surface area (Å²) in [5.41, 5.74) is 1.46. The van der Waals surface area contributed by atoms with Crippen molar-refractivity contribution < 1.29 is 22.7 Å². The highest BCUT2D eigenvalue weighted by Crippen LogP contribution is 2.22. The smallest absolute Gasteiger partial charge is 0.243 e. The summed E-state index contributed by atoms with van der Waals surface area (Å²) >= 11 is 0. The van der Waals surface area contributed by atoms with E-state index in [1.807, 2.05) is 37.3 Å². The predicted molar refractivity (Wildman–Crippen MR) is 151 cm³/mol. The van der Waals surface area contributed by atoms with Gasteiger partial charge >= 0.3 is 0 Å². The first kappa shape index (κ1) is 29.5. The van der Waals surface area contributed by atoms with Gasteiger partial charge in [-0.3, -0.25) is 13.9 Å².